The van der Waals surface area contributed by atoms with Gasteiger partial charge in [-0.2, -0.15) is 0 Å². The molecule has 0 aromatic carbocycles. The fraction of sp³-hybridized carbons (Fsp3) is 0.700. The Morgan fingerprint density at radius 3 is 2.67 bits per heavy atom. The van der Waals surface area contributed by atoms with E-state index in [0.29, 0.717) is 19.3 Å². The lowest BCUT2D eigenvalue weighted by atomic mass is 9.46. The molecular formula is C20H25FO3. The predicted molar refractivity (Wildman–Crippen MR) is 87.9 cm³/mol. The number of hydrogen-bond acceptors (Lipinski definition) is 3. The first-order chi connectivity index (χ1) is 11.1. The minimum absolute atomic E-state index is 0.0298. The average molecular weight is 332 g/mol. The number of hydrogen-bond donors (Lipinski definition) is 1. The molecule has 0 aromatic heterocycles. The first-order valence-corrected chi connectivity index (χ1v) is 9.00. The van der Waals surface area contributed by atoms with Crippen molar-refractivity contribution < 1.29 is 19.1 Å². The lowest BCUT2D eigenvalue weighted by Gasteiger charge is -2.60. The van der Waals surface area contributed by atoms with Crippen LogP contribution in [0, 0.1) is 28.6 Å². The summed E-state index contributed by atoms with van der Waals surface area (Å²) in [5.41, 5.74) is -2.61. The smallest absolute Gasteiger partial charge is 0.178 e. The predicted octanol–water partition coefficient (Wildman–Crippen LogP) is 3.17. The Morgan fingerprint density at radius 2 is 1.96 bits per heavy atom. The number of ketones is 2. The number of fused-ring (bicyclic) bond motifs is 5. The van der Waals surface area contributed by atoms with Crippen molar-refractivity contribution in [2.75, 3.05) is 0 Å². The Labute approximate surface area is 142 Å². The van der Waals surface area contributed by atoms with Crippen LogP contribution in [0.15, 0.2) is 23.8 Å². The second-order valence-electron chi connectivity index (χ2n) is 8.77. The van der Waals surface area contributed by atoms with Gasteiger partial charge in [0.05, 0.1) is 6.10 Å². The molecule has 3 saturated carbocycles. The molecule has 0 saturated heterocycles. The first-order valence-electron chi connectivity index (χ1n) is 9.00. The summed E-state index contributed by atoms with van der Waals surface area (Å²) < 4.78 is 16.6. The molecule has 4 heteroatoms. The van der Waals surface area contributed by atoms with E-state index in [-0.39, 0.29) is 35.7 Å². The van der Waals surface area contributed by atoms with E-state index in [1.165, 1.54) is 6.08 Å². The van der Waals surface area contributed by atoms with Crippen molar-refractivity contribution in [2.45, 2.75) is 58.2 Å². The number of Topliss-reactive ketones (excluding diaryl/α,β-unsaturated/α-hetero) is 1. The molecule has 7 atom stereocenters. The minimum atomic E-state index is -1.82. The first kappa shape index (κ1) is 16.2. The van der Waals surface area contributed by atoms with Gasteiger partial charge >= 0.3 is 0 Å². The van der Waals surface area contributed by atoms with Gasteiger partial charge in [0, 0.05) is 22.7 Å². The van der Waals surface area contributed by atoms with Crippen LogP contribution in [-0.4, -0.2) is 28.4 Å². The summed E-state index contributed by atoms with van der Waals surface area (Å²) in [5.74, 6) is -0.375. The van der Waals surface area contributed by atoms with Gasteiger partial charge in [-0.05, 0) is 50.7 Å². The van der Waals surface area contributed by atoms with Crippen LogP contribution in [0.25, 0.3) is 0 Å². The molecular weight excluding hydrogens is 307 g/mol. The summed E-state index contributed by atoms with van der Waals surface area (Å²) in [6, 6.07) is 0. The maximum Gasteiger partial charge on any atom is 0.178 e. The Morgan fingerprint density at radius 1 is 1.25 bits per heavy atom. The van der Waals surface area contributed by atoms with Gasteiger partial charge in [0.25, 0.3) is 0 Å². The van der Waals surface area contributed by atoms with Gasteiger partial charge < -0.3 is 5.11 Å². The van der Waals surface area contributed by atoms with Crippen LogP contribution in [-0.2, 0) is 9.59 Å². The number of allylic oxidation sites excluding steroid dienone is 4. The molecule has 24 heavy (non-hydrogen) atoms. The summed E-state index contributed by atoms with van der Waals surface area (Å²) in [6.45, 7) is 5.65. The van der Waals surface area contributed by atoms with Gasteiger partial charge in [-0.3, -0.25) is 9.59 Å². The highest BCUT2D eigenvalue weighted by Gasteiger charge is 2.71. The van der Waals surface area contributed by atoms with E-state index >= 15 is 4.39 Å². The van der Waals surface area contributed by atoms with Gasteiger partial charge in [-0.1, -0.05) is 25.5 Å². The summed E-state index contributed by atoms with van der Waals surface area (Å²) in [7, 11) is 0. The zero-order valence-corrected chi connectivity index (χ0v) is 14.5. The Balaban J connectivity index is 1.84. The number of rotatable bonds is 0. The summed E-state index contributed by atoms with van der Waals surface area (Å²) in [4.78, 5) is 24.4. The van der Waals surface area contributed by atoms with Crippen molar-refractivity contribution >= 4 is 11.6 Å². The SMILES string of the molecule is C[C@@H]1C[C@H]2[C@@H]3CCC4=CC(=O)C=C[C@]4(C)[C@@]3(F)C(O)C[C@]2(C)C1=O. The minimum Gasteiger partial charge on any atom is -0.390 e. The highest BCUT2D eigenvalue weighted by molar-refractivity contribution is 6.01. The summed E-state index contributed by atoms with van der Waals surface area (Å²) in [5, 5.41) is 10.9. The Hall–Kier alpha value is -1.29. The summed E-state index contributed by atoms with van der Waals surface area (Å²) >= 11 is 0. The van der Waals surface area contributed by atoms with Crippen LogP contribution < -0.4 is 0 Å². The molecule has 1 N–H and O–H groups in total. The molecule has 0 aromatic rings. The van der Waals surface area contributed by atoms with Crippen molar-refractivity contribution in [1.82, 2.24) is 0 Å². The Bertz CT molecular complexity index is 695. The van der Waals surface area contributed by atoms with Crippen LogP contribution >= 0.6 is 0 Å². The molecule has 0 heterocycles. The van der Waals surface area contributed by atoms with Gasteiger partial charge in [0.15, 0.2) is 11.5 Å². The number of alkyl halides is 1. The second kappa shape index (κ2) is 4.66. The molecule has 4 aliphatic rings. The van der Waals surface area contributed by atoms with E-state index in [2.05, 4.69) is 0 Å². The maximum atomic E-state index is 16.6. The topological polar surface area (TPSA) is 54.4 Å². The zero-order valence-electron chi connectivity index (χ0n) is 14.5. The summed E-state index contributed by atoms with van der Waals surface area (Å²) in [6.07, 6.45) is 5.57. The van der Waals surface area contributed by atoms with Crippen molar-refractivity contribution in [2.24, 2.45) is 28.6 Å². The van der Waals surface area contributed by atoms with E-state index in [4.69, 9.17) is 0 Å². The molecule has 130 valence electrons. The third kappa shape index (κ3) is 1.66. The third-order valence-electron chi connectivity index (χ3n) is 7.65. The normalized spacial score (nSPS) is 53.3. The van der Waals surface area contributed by atoms with Gasteiger partial charge in [-0.25, -0.2) is 4.39 Å². The van der Waals surface area contributed by atoms with E-state index in [1.807, 2.05) is 13.8 Å². The fourth-order valence-electron chi connectivity index (χ4n) is 6.33. The highest BCUT2D eigenvalue weighted by atomic mass is 19.1. The molecule has 0 aliphatic heterocycles. The van der Waals surface area contributed by atoms with Crippen molar-refractivity contribution in [3.8, 4) is 0 Å². The number of aliphatic hydroxyl groups is 1. The quantitative estimate of drug-likeness (QED) is 0.741. The molecule has 0 spiro atoms. The molecule has 1 unspecified atom stereocenters. The lowest BCUT2D eigenvalue weighted by molar-refractivity contribution is -0.190. The van der Waals surface area contributed by atoms with E-state index < -0.39 is 22.6 Å². The zero-order chi connectivity index (χ0) is 17.5. The monoisotopic (exact) mass is 332 g/mol. The molecule has 0 radical (unpaired) electrons. The number of halogens is 1. The van der Waals surface area contributed by atoms with Crippen LogP contribution in [0.5, 0.6) is 0 Å². The standard InChI is InChI=1S/C20H25FO3/c1-11-8-15-14-5-4-12-9-13(22)6-7-19(12,3)20(14,21)16(23)10-18(15,2)17(11)24/h6-7,9,11,14-16,23H,4-5,8,10H2,1-3H3/t11-,14+,15+,16?,18+,19+,20+/m1/s1. The van der Waals surface area contributed by atoms with Crippen molar-refractivity contribution in [1.29, 1.82) is 0 Å². The number of aliphatic hydroxyl groups excluding tert-OH is 1. The third-order valence-corrected chi connectivity index (χ3v) is 7.65. The van der Waals surface area contributed by atoms with E-state index in [1.54, 1.807) is 19.1 Å². The highest BCUT2D eigenvalue weighted by Crippen LogP contribution is 2.67. The van der Waals surface area contributed by atoms with Crippen LogP contribution in [0.2, 0.25) is 0 Å². The van der Waals surface area contributed by atoms with Crippen molar-refractivity contribution in [3.05, 3.63) is 23.8 Å². The van der Waals surface area contributed by atoms with Crippen LogP contribution in [0.3, 0.4) is 0 Å². The molecule has 4 aliphatic carbocycles. The van der Waals surface area contributed by atoms with Gasteiger partial charge in [0.1, 0.15) is 5.78 Å². The molecule has 3 fully saturated rings. The molecule has 0 amide bonds. The van der Waals surface area contributed by atoms with Crippen molar-refractivity contribution in [3.63, 3.8) is 0 Å². The number of carbonyl (C=O) groups is 2. The average Bonchev–Trinajstić information content (AvgIpc) is 2.74. The molecule has 0 bridgehead atoms. The van der Waals surface area contributed by atoms with Crippen LogP contribution in [0.4, 0.5) is 4.39 Å². The lowest BCUT2D eigenvalue weighted by Crippen LogP contribution is -2.66. The fourth-order valence-corrected chi connectivity index (χ4v) is 6.33. The van der Waals surface area contributed by atoms with Gasteiger partial charge in [0.2, 0.25) is 0 Å². The maximum absolute atomic E-state index is 16.6. The van der Waals surface area contributed by atoms with E-state index in [9.17, 15) is 14.7 Å². The Kier molecular flexibility index (Phi) is 3.14. The van der Waals surface area contributed by atoms with Gasteiger partial charge in [-0.15, -0.1) is 0 Å². The van der Waals surface area contributed by atoms with Crippen LogP contribution in [0.1, 0.15) is 46.5 Å². The largest absolute Gasteiger partial charge is 0.390 e. The molecule has 3 nitrogen and oxygen atoms in total. The van der Waals surface area contributed by atoms with E-state index in [0.717, 1.165) is 5.57 Å². The number of carbonyl (C=O) groups excluding carboxylic acids is 2. The molecule has 4 rings (SSSR count). The second-order valence-corrected chi connectivity index (χ2v) is 8.77.